The van der Waals surface area contributed by atoms with E-state index in [0.29, 0.717) is 18.0 Å². The number of para-hydroxylation sites is 1. The zero-order chi connectivity index (χ0) is 20.6. The first-order valence-electron chi connectivity index (χ1n) is 8.66. The Bertz CT molecular complexity index is 966. The topological polar surface area (TPSA) is 102 Å². The molecule has 2 aromatic carbocycles. The number of sulfonamides is 1. The van der Waals surface area contributed by atoms with Crippen molar-refractivity contribution in [2.75, 3.05) is 11.9 Å². The number of carbonyl (C=O) groups is 2. The highest BCUT2D eigenvalue weighted by Gasteiger charge is 2.15. The molecule has 0 aliphatic carbocycles. The molecule has 0 unspecified atom stereocenters. The number of hydrogen-bond donors (Lipinski definition) is 2. The van der Waals surface area contributed by atoms with Crippen molar-refractivity contribution in [3.63, 3.8) is 0 Å². The van der Waals surface area contributed by atoms with Gasteiger partial charge in [-0.1, -0.05) is 25.1 Å². The fourth-order valence-electron chi connectivity index (χ4n) is 2.28. The van der Waals surface area contributed by atoms with Crippen molar-refractivity contribution in [3.05, 3.63) is 60.2 Å². The lowest BCUT2D eigenvalue weighted by atomic mass is 10.2. The molecule has 0 saturated heterocycles. The molecule has 2 amide bonds. The molecule has 0 fully saturated rings. The van der Waals surface area contributed by atoms with Crippen molar-refractivity contribution in [3.8, 4) is 5.75 Å². The third-order valence-electron chi connectivity index (χ3n) is 3.51. The molecule has 0 heterocycles. The van der Waals surface area contributed by atoms with Crippen LogP contribution in [0.15, 0.2) is 59.5 Å². The molecule has 0 bridgehead atoms. The van der Waals surface area contributed by atoms with E-state index in [0.717, 1.165) is 18.9 Å². The largest absolute Gasteiger partial charge is 0.493 e. The summed E-state index contributed by atoms with van der Waals surface area (Å²) < 4.78 is 31.3. The van der Waals surface area contributed by atoms with Crippen LogP contribution in [0, 0.1) is 0 Å². The van der Waals surface area contributed by atoms with Crippen LogP contribution < -0.4 is 14.8 Å². The molecular weight excluding hydrogens is 380 g/mol. The molecule has 0 aliphatic rings. The van der Waals surface area contributed by atoms with Gasteiger partial charge in [-0.2, -0.15) is 0 Å². The predicted octanol–water partition coefficient (Wildman–Crippen LogP) is 2.95. The fraction of sp³-hybridized carbons (Fsp3) is 0.200. The monoisotopic (exact) mass is 402 g/mol. The maximum atomic E-state index is 12.1. The molecule has 28 heavy (non-hydrogen) atoms. The average molecular weight is 402 g/mol. The van der Waals surface area contributed by atoms with E-state index in [-0.39, 0.29) is 10.8 Å². The van der Waals surface area contributed by atoms with Gasteiger partial charge < -0.3 is 10.1 Å². The van der Waals surface area contributed by atoms with Crippen molar-refractivity contribution < 1.29 is 22.7 Å². The molecule has 8 heteroatoms. The van der Waals surface area contributed by atoms with Crippen LogP contribution in [0.1, 0.15) is 25.8 Å². The van der Waals surface area contributed by atoms with Crippen molar-refractivity contribution >= 4 is 33.6 Å². The van der Waals surface area contributed by atoms with E-state index in [1.807, 2.05) is 35.9 Å². The van der Waals surface area contributed by atoms with Gasteiger partial charge in [0, 0.05) is 24.3 Å². The highest BCUT2D eigenvalue weighted by Crippen LogP contribution is 2.20. The van der Waals surface area contributed by atoms with Gasteiger partial charge in [-0.05, 0) is 42.8 Å². The van der Waals surface area contributed by atoms with Gasteiger partial charge in [-0.3, -0.25) is 9.59 Å². The van der Waals surface area contributed by atoms with E-state index < -0.39 is 15.9 Å². The Kier molecular flexibility index (Phi) is 7.34. The molecule has 0 atom stereocenters. The SMILES string of the molecule is CCCOc1ccccc1/C=C/C(=O)Nc1ccc(S(=O)(=O)NC(C)=O)cc1. The number of ether oxygens (including phenoxy) is 1. The Morgan fingerprint density at radius 3 is 2.39 bits per heavy atom. The third kappa shape index (κ3) is 6.24. The minimum Gasteiger partial charge on any atom is -0.493 e. The van der Waals surface area contributed by atoms with E-state index in [1.165, 1.54) is 30.3 Å². The molecule has 0 saturated carbocycles. The molecular formula is C20H22N2O5S. The maximum Gasteiger partial charge on any atom is 0.264 e. The Morgan fingerprint density at radius 1 is 1.07 bits per heavy atom. The van der Waals surface area contributed by atoms with Crippen LogP contribution in [0.3, 0.4) is 0 Å². The van der Waals surface area contributed by atoms with Crippen molar-refractivity contribution in [2.45, 2.75) is 25.2 Å². The van der Waals surface area contributed by atoms with Gasteiger partial charge in [-0.15, -0.1) is 0 Å². The molecule has 148 valence electrons. The summed E-state index contributed by atoms with van der Waals surface area (Å²) in [5.41, 5.74) is 1.20. The molecule has 2 rings (SSSR count). The lowest BCUT2D eigenvalue weighted by Crippen LogP contribution is -2.28. The molecule has 0 aromatic heterocycles. The third-order valence-corrected chi connectivity index (χ3v) is 4.95. The Balaban J connectivity index is 2.04. The smallest absolute Gasteiger partial charge is 0.264 e. The van der Waals surface area contributed by atoms with Gasteiger partial charge in [-0.25, -0.2) is 13.1 Å². The van der Waals surface area contributed by atoms with Crippen LogP contribution >= 0.6 is 0 Å². The number of carbonyl (C=O) groups excluding carboxylic acids is 2. The average Bonchev–Trinajstić information content (AvgIpc) is 2.65. The summed E-state index contributed by atoms with van der Waals surface area (Å²) in [6.07, 6.45) is 3.90. The number of nitrogens with one attached hydrogen (secondary N) is 2. The summed E-state index contributed by atoms with van der Waals surface area (Å²) in [7, 11) is -3.90. The molecule has 7 nitrogen and oxygen atoms in total. The number of amides is 2. The van der Waals surface area contributed by atoms with Gasteiger partial charge in [0.1, 0.15) is 5.75 Å². The number of hydrogen-bond acceptors (Lipinski definition) is 5. The number of anilines is 1. The maximum absolute atomic E-state index is 12.1. The second-order valence-corrected chi connectivity index (χ2v) is 7.58. The van der Waals surface area contributed by atoms with Crippen molar-refractivity contribution in [2.24, 2.45) is 0 Å². The lowest BCUT2D eigenvalue weighted by Gasteiger charge is -2.08. The normalized spacial score (nSPS) is 11.2. The molecule has 2 aromatic rings. The van der Waals surface area contributed by atoms with Crippen LogP contribution in [0.5, 0.6) is 5.75 Å². The van der Waals surface area contributed by atoms with Gasteiger partial charge >= 0.3 is 0 Å². The highest BCUT2D eigenvalue weighted by molar-refractivity contribution is 7.90. The second-order valence-electron chi connectivity index (χ2n) is 5.89. The van der Waals surface area contributed by atoms with Crippen LogP contribution in [-0.4, -0.2) is 26.8 Å². The molecule has 0 spiro atoms. The van der Waals surface area contributed by atoms with Crippen LogP contribution in [0.25, 0.3) is 6.08 Å². The molecule has 0 aliphatic heterocycles. The first-order valence-corrected chi connectivity index (χ1v) is 10.1. The lowest BCUT2D eigenvalue weighted by molar-refractivity contribution is -0.117. The zero-order valence-corrected chi connectivity index (χ0v) is 16.5. The Labute approximate surface area is 164 Å². The molecule has 0 radical (unpaired) electrons. The van der Waals surface area contributed by atoms with E-state index in [2.05, 4.69) is 5.32 Å². The zero-order valence-electron chi connectivity index (χ0n) is 15.6. The molecule has 2 N–H and O–H groups in total. The van der Waals surface area contributed by atoms with Gasteiger partial charge in [0.15, 0.2) is 0 Å². The first kappa shape index (κ1) is 21.2. The summed E-state index contributed by atoms with van der Waals surface area (Å²) in [6, 6.07) is 12.9. The summed E-state index contributed by atoms with van der Waals surface area (Å²) in [4.78, 5) is 23.0. The quantitative estimate of drug-likeness (QED) is 0.661. The summed E-state index contributed by atoms with van der Waals surface area (Å²) in [6.45, 7) is 3.72. The minimum atomic E-state index is -3.90. The Morgan fingerprint density at radius 2 is 1.75 bits per heavy atom. The highest BCUT2D eigenvalue weighted by atomic mass is 32.2. The van der Waals surface area contributed by atoms with Crippen LogP contribution in [0.2, 0.25) is 0 Å². The van der Waals surface area contributed by atoms with Crippen LogP contribution in [-0.2, 0) is 19.6 Å². The van der Waals surface area contributed by atoms with E-state index >= 15 is 0 Å². The van der Waals surface area contributed by atoms with E-state index in [4.69, 9.17) is 4.74 Å². The van der Waals surface area contributed by atoms with Gasteiger partial charge in [0.05, 0.1) is 11.5 Å². The van der Waals surface area contributed by atoms with E-state index in [9.17, 15) is 18.0 Å². The first-order chi connectivity index (χ1) is 13.3. The standard InChI is InChI=1S/C20H22N2O5S/c1-3-14-27-19-7-5-4-6-16(19)8-13-20(24)21-17-9-11-18(12-10-17)28(25,26)22-15(2)23/h4-13H,3,14H2,1-2H3,(H,21,24)(H,22,23)/b13-8+. The van der Waals surface area contributed by atoms with Crippen molar-refractivity contribution in [1.82, 2.24) is 4.72 Å². The summed E-state index contributed by atoms with van der Waals surface area (Å²) in [5.74, 6) is -0.352. The van der Waals surface area contributed by atoms with Gasteiger partial charge in [0.2, 0.25) is 11.8 Å². The van der Waals surface area contributed by atoms with Gasteiger partial charge in [0.25, 0.3) is 10.0 Å². The number of benzene rings is 2. The predicted molar refractivity (Wildman–Crippen MR) is 107 cm³/mol. The fourth-order valence-corrected chi connectivity index (χ4v) is 3.27. The van der Waals surface area contributed by atoms with E-state index in [1.54, 1.807) is 6.08 Å². The number of rotatable bonds is 8. The van der Waals surface area contributed by atoms with Crippen molar-refractivity contribution in [1.29, 1.82) is 0 Å². The Hall–Kier alpha value is -3.13. The minimum absolute atomic E-state index is 0.0711. The summed E-state index contributed by atoms with van der Waals surface area (Å²) >= 11 is 0. The summed E-state index contributed by atoms with van der Waals surface area (Å²) in [5, 5.41) is 2.65. The van der Waals surface area contributed by atoms with Crippen LogP contribution in [0.4, 0.5) is 5.69 Å². The second kappa shape index (κ2) is 9.70.